The first-order chi connectivity index (χ1) is 28.8. The molecule has 0 fully saturated rings. The fraction of sp³-hybridized carbons (Fsp3) is 0.409. The van der Waals surface area contributed by atoms with Crippen molar-refractivity contribution in [1.82, 2.24) is 29.7 Å². The first-order valence-corrected chi connectivity index (χ1v) is 23.5. The highest BCUT2D eigenvalue weighted by Gasteiger charge is 2.45. The van der Waals surface area contributed by atoms with Crippen LogP contribution in [0.1, 0.15) is 102 Å². The molecule has 2 aromatic heterocycles. The summed E-state index contributed by atoms with van der Waals surface area (Å²) in [5.74, 6) is -0.857. The predicted octanol–water partition coefficient (Wildman–Crippen LogP) is 9.57. The summed E-state index contributed by atoms with van der Waals surface area (Å²) in [6, 6.07) is 15.2. The van der Waals surface area contributed by atoms with Crippen LogP contribution in [0.25, 0.3) is 10.9 Å². The number of Topliss-reactive ketones (excluding diaryl/α,β-unsaturated/α-hetero) is 2. The third-order valence-corrected chi connectivity index (χ3v) is 14.4. The number of sulfone groups is 1. The largest absolute Gasteiger partial charge is 0.354 e. The second-order valence-electron chi connectivity index (χ2n) is 14.8. The van der Waals surface area contributed by atoms with Crippen molar-refractivity contribution in [3.8, 4) is 0 Å². The van der Waals surface area contributed by atoms with Gasteiger partial charge in [-0.15, -0.1) is 0 Å². The van der Waals surface area contributed by atoms with Gasteiger partial charge < -0.3 is 15.1 Å². The van der Waals surface area contributed by atoms with Crippen LogP contribution in [0.5, 0.6) is 0 Å². The number of hydrogen-bond acceptors (Lipinski definition) is 11. The lowest BCUT2D eigenvalue weighted by Crippen LogP contribution is -2.25. The minimum absolute atomic E-state index is 0.0904. The summed E-state index contributed by atoms with van der Waals surface area (Å²) in [5, 5.41) is 3.59. The number of hydrogen-bond donors (Lipinski definition) is 1. The molecular weight excluding hydrogens is 864 g/mol. The molecule has 6 rings (SSSR count). The molecule has 3 aromatic carbocycles. The molecule has 60 heavy (non-hydrogen) atoms. The smallest absolute Gasteiger partial charge is 0.226 e. The molecule has 0 atom stereocenters. The first kappa shape index (κ1) is 45.8. The molecule has 1 aliphatic rings. The van der Waals surface area contributed by atoms with Crippen molar-refractivity contribution >= 4 is 84.7 Å². The molecule has 2 heterocycles. The third-order valence-electron chi connectivity index (χ3n) is 10.9. The van der Waals surface area contributed by atoms with Gasteiger partial charge in [-0.2, -0.15) is 9.97 Å². The third kappa shape index (κ3) is 10.5. The molecule has 0 unspecified atom stereocenters. The van der Waals surface area contributed by atoms with Crippen molar-refractivity contribution in [1.29, 1.82) is 0 Å². The van der Waals surface area contributed by atoms with Gasteiger partial charge in [-0.1, -0.05) is 104 Å². The molecule has 16 heteroatoms. The number of pyridine rings is 1. The maximum atomic E-state index is 13.7. The Morgan fingerprint density at radius 3 is 1.83 bits per heavy atom. The van der Waals surface area contributed by atoms with E-state index in [1.54, 1.807) is 54.6 Å². The number of fused-ring (bicyclic) bond motifs is 2. The number of benzene rings is 3. The maximum absolute atomic E-state index is 13.7. The van der Waals surface area contributed by atoms with Crippen molar-refractivity contribution in [2.24, 2.45) is 0 Å². The van der Waals surface area contributed by atoms with Crippen LogP contribution in [0.4, 0.5) is 5.95 Å². The van der Waals surface area contributed by atoms with Crippen LogP contribution >= 0.6 is 46.4 Å². The van der Waals surface area contributed by atoms with E-state index in [-0.39, 0.29) is 47.6 Å². The molecule has 0 bridgehead atoms. The number of anilines is 1. The number of nitrogens with zero attached hydrogens (tertiary/aromatic N) is 6. The monoisotopic (exact) mass is 911 g/mol. The minimum atomic E-state index is -3.78. The van der Waals surface area contributed by atoms with Gasteiger partial charge in [-0.3, -0.25) is 14.6 Å². The minimum Gasteiger partial charge on any atom is -0.354 e. The number of carbonyl (C=O) groups excluding carboxylic acids is 2. The number of unbranched alkanes of at least 4 members (excludes halogenated alkanes) is 1. The van der Waals surface area contributed by atoms with Crippen molar-refractivity contribution in [2.45, 2.75) is 76.4 Å². The fourth-order valence-electron chi connectivity index (χ4n) is 7.44. The topological polar surface area (TPSA) is 138 Å². The quantitative estimate of drug-likeness (QED) is 0.0346. The molecule has 1 N–H and O–H groups in total. The van der Waals surface area contributed by atoms with Crippen LogP contribution in [-0.2, 0) is 28.4 Å². The predicted molar refractivity (Wildman–Crippen MR) is 241 cm³/mol. The highest BCUT2D eigenvalue weighted by molar-refractivity contribution is 7.90. The zero-order valence-electron chi connectivity index (χ0n) is 34.2. The Balaban J connectivity index is 1.15. The molecule has 1 aliphatic carbocycles. The van der Waals surface area contributed by atoms with Crippen molar-refractivity contribution in [3.63, 3.8) is 0 Å². The van der Waals surface area contributed by atoms with E-state index >= 15 is 0 Å². The fourth-order valence-corrected chi connectivity index (χ4v) is 9.81. The van der Waals surface area contributed by atoms with E-state index in [2.05, 4.69) is 47.8 Å². The van der Waals surface area contributed by atoms with Crippen LogP contribution in [0.3, 0.4) is 0 Å². The zero-order valence-corrected chi connectivity index (χ0v) is 38.0. The molecule has 318 valence electrons. The second-order valence-corrected chi connectivity index (χ2v) is 18.3. The molecule has 0 spiro atoms. The summed E-state index contributed by atoms with van der Waals surface area (Å²) in [4.78, 5) is 50.9. The van der Waals surface area contributed by atoms with Crippen molar-refractivity contribution in [3.05, 3.63) is 114 Å². The second kappa shape index (κ2) is 20.4. The lowest BCUT2D eigenvalue weighted by molar-refractivity contribution is 0.0888. The van der Waals surface area contributed by atoms with Crippen LogP contribution in [0.2, 0.25) is 20.1 Å². The normalized spacial score (nSPS) is 13.3. The molecule has 0 saturated heterocycles. The van der Waals surface area contributed by atoms with E-state index in [0.717, 1.165) is 82.9 Å². The molecule has 0 radical (unpaired) electrons. The van der Waals surface area contributed by atoms with Crippen LogP contribution in [0, 0.1) is 0 Å². The van der Waals surface area contributed by atoms with Crippen molar-refractivity contribution < 1.29 is 18.0 Å². The highest BCUT2D eigenvalue weighted by Crippen LogP contribution is 2.48. The van der Waals surface area contributed by atoms with E-state index in [0.29, 0.717) is 34.7 Å². The summed E-state index contributed by atoms with van der Waals surface area (Å²) < 4.78 is 27.4. The van der Waals surface area contributed by atoms with Crippen LogP contribution in [0.15, 0.2) is 59.5 Å². The van der Waals surface area contributed by atoms with E-state index in [4.69, 9.17) is 61.4 Å². The standard InChI is InChI=1S/C44H49Cl4N7O4S/c1-5-54(6-2)22-10-9-12-33-51-34(53-44(52-33)49-21-11-23-55(7-3)8-4)25-27-14-18-30(19-15-27)60(58,59)26-28-13-16-29-17-20-31(50-32(29)24-28)35-42(56)36-37(43(35)57)39(46)41(48)40(47)38(36)45/h13-20,24,35H,5-12,21-23,25-26H2,1-4H3,(H,49,51,52,53). The van der Waals surface area contributed by atoms with Crippen molar-refractivity contribution in [2.75, 3.05) is 51.1 Å². The Kier molecular flexibility index (Phi) is 15.6. The maximum Gasteiger partial charge on any atom is 0.226 e. The number of aryl methyl sites for hydroxylation is 1. The van der Waals surface area contributed by atoms with Gasteiger partial charge in [0.15, 0.2) is 21.4 Å². The number of ketones is 2. The summed E-state index contributed by atoms with van der Waals surface area (Å²) >= 11 is 25.1. The van der Waals surface area contributed by atoms with Crippen LogP contribution < -0.4 is 5.32 Å². The number of aromatic nitrogens is 4. The first-order valence-electron chi connectivity index (χ1n) is 20.4. The Morgan fingerprint density at radius 1 is 0.650 bits per heavy atom. The van der Waals surface area contributed by atoms with Gasteiger partial charge in [-0.25, -0.2) is 13.4 Å². The van der Waals surface area contributed by atoms with Gasteiger partial charge in [0, 0.05) is 24.8 Å². The molecular formula is C44H49Cl4N7O4S. The van der Waals surface area contributed by atoms with Crippen LogP contribution in [-0.4, -0.2) is 95.5 Å². The summed E-state index contributed by atoms with van der Waals surface area (Å²) in [6.45, 7) is 15.5. The van der Waals surface area contributed by atoms with Gasteiger partial charge in [-0.05, 0) is 93.9 Å². The lowest BCUT2D eigenvalue weighted by Gasteiger charge is -2.18. The number of halogens is 4. The summed E-state index contributed by atoms with van der Waals surface area (Å²) in [7, 11) is -3.78. The number of nitrogens with one attached hydrogen (secondary N) is 1. The lowest BCUT2D eigenvalue weighted by atomic mass is 9.98. The Bertz CT molecular complexity index is 2390. The Hall–Kier alpha value is -3.75. The number of rotatable bonds is 20. The molecule has 0 saturated carbocycles. The van der Waals surface area contributed by atoms with E-state index in [9.17, 15) is 18.0 Å². The van der Waals surface area contributed by atoms with Gasteiger partial charge in [0.1, 0.15) is 17.6 Å². The number of carbonyl (C=O) groups is 2. The molecule has 11 nitrogen and oxygen atoms in total. The zero-order chi connectivity index (χ0) is 43.1. The highest BCUT2D eigenvalue weighted by atomic mass is 35.5. The van der Waals surface area contributed by atoms with E-state index in [1.807, 2.05) is 0 Å². The SMILES string of the molecule is CCN(CC)CCCCc1nc(Cc2ccc(S(=O)(=O)Cc3ccc4ccc(C5C(=O)c6c(Cl)c(Cl)c(Cl)c(Cl)c6C5=O)nc4c3)cc2)nc(NCCCN(CC)CC)n1. The average molecular weight is 914 g/mol. The van der Waals surface area contributed by atoms with E-state index in [1.165, 1.54) is 0 Å². The summed E-state index contributed by atoms with van der Waals surface area (Å²) in [6.07, 6.45) is 4.14. The average Bonchev–Trinajstić information content (AvgIpc) is 3.51. The molecule has 5 aromatic rings. The summed E-state index contributed by atoms with van der Waals surface area (Å²) in [5.41, 5.74) is 1.76. The van der Waals surface area contributed by atoms with Gasteiger partial charge >= 0.3 is 0 Å². The molecule has 0 amide bonds. The van der Waals surface area contributed by atoms with Gasteiger partial charge in [0.2, 0.25) is 5.95 Å². The van der Waals surface area contributed by atoms with E-state index < -0.39 is 27.3 Å². The van der Waals surface area contributed by atoms with Gasteiger partial charge in [0.25, 0.3) is 0 Å². The van der Waals surface area contributed by atoms with Gasteiger partial charge in [0.05, 0.1) is 53.1 Å². The Morgan fingerprint density at radius 2 is 1.22 bits per heavy atom. The molecule has 0 aliphatic heterocycles. The Labute approximate surface area is 372 Å².